The third-order valence-corrected chi connectivity index (χ3v) is 3.93. The molecule has 2 rings (SSSR count). The van der Waals surface area contributed by atoms with E-state index < -0.39 is 0 Å². The fraction of sp³-hybridized carbons (Fsp3) is 0.143. The van der Waals surface area contributed by atoms with Crippen LogP contribution < -0.4 is 4.74 Å². The van der Waals surface area contributed by atoms with Crippen LogP contribution in [0.4, 0.5) is 0 Å². The van der Waals surface area contributed by atoms with Gasteiger partial charge in [0.2, 0.25) is 0 Å². The van der Waals surface area contributed by atoms with Crippen LogP contribution in [-0.2, 0) is 11.9 Å². The molecule has 0 saturated carbocycles. The average Bonchev–Trinajstić information content (AvgIpc) is 2.39. The van der Waals surface area contributed by atoms with E-state index in [1.165, 1.54) is 11.1 Å². The molecule has 3 heteroatoms. The fourth-order valence-corrected chi connectivity index (χ4v) is 2.32. The van der Waals surface area contributed by atoms with Gasteiger partial charge in [-0.05, 0) is 45.9 Å². The minimum Gasteiger partial charge on any atom is -0.488 e. The van der Waals surface area contributed by atoms with E-state index in [9.17, 15) is 0 Å². The second-order valence-corrected chi connectivity index (χ2v) is 5.40. The van der Waals surface area contributed by atoms with Crippen LogP contribution in [0.2, 0.25) is 0 Å². The monoisotopic (exact) mass is 402 g/mol. The van der Waals surface area contributed by atoms with Crippen LogP contribution in [-0.4, -0.2) is 0 Å². The molecule has 17 heavy (non-hydrogen) atoms. The molecule has 0 N–H and O–H groups in total. The second kappa shape index (κ2) is 6.40. The molecule has 0 aliphatic heterocycles. The van der Waals surface area contributed by atoms with E-state index in [0.717, 1.165) is 14.6 Å². The third-order valence-electron chi connectivity index (χ3n) is 2.39. The molecule has 0 aliphatic carbocycles. The quantitative estimate of drug-likeness (QED) is 0.529. The maximum atomic E-state index is 5.84. The third kappa shape index (κ3) is 3.71. The van der Waals surface area contributed by atoms with Crippen LogP contribution in [0, 0.1) is 3.57 Å². The number of benzene rings is 2. The molecule has 0 aromatic heterocycles. The molecule has 2 aromatic rings. The Balaban J connectivity index is 2.08. The van der Waals surface area contributed by atoms with E-state index in [1.54, 1.807) is 0 Å². The number of rotatable bonds is 4. The van der Waals surface area contributed by atoms with Crippen molar-refractivity contribution in [3.63, 3.8) is 0 Å². The minimum atomic E-state index is 0.614. The summed E-state index contributed by atoms with van der Waals surface area (Å²) in [7, 11) is 0. The van der Waals surface area contributed by atoms with Crippen molar-refractivity contribution >= 4 is 38.5 Å². The van der Waals surface area contributed by atoms with Gasteiger partial charge in [-0.15, -0.1) is 0 Å². The van der Waals surface area contributed by atoms with Crippen molar-refractivity contribution in [2.24, 2.45) is 0 Å². The van der Waals surface area contributed by atoms with E-state index in [1.807, 2.05) is 18.2 Å². The summed E-state index contributed by atoms with van der Waals surface area (Å²) in [4.78, 5) is 0. The van der Waals surface area contributed by atoms with E-state index in [0.29, 0.717) is 6.61 Å². The number of ether oxygens (including phenoxy) is 1. The highest BCUT2D eigenvalue weighted by Crippen LogP contribution is 2.24. The summed E-state index contributed by atoms with van der Waals surface area (Å²) >= 11 is 5.75. The number of hydrogen-bond acceptors (Lipinski definition) is 1. The first kappa shape index (κ1) is 12.9. The molecule has 88 valence electrons. The molecule has 0 bridgehead atoms. The SMILES string of the molecule is BrCc1ccc(I)c(OCc2ccccc2)c1. The van der Waals surface area contributed by atoms with Crippen molar-refractivity contribution in [3.8, 4) is 5.75 Å². The zero-order valence-corrected chi connectivity index (χ0v) is 12.9. The summed E-state index contributed by atoms with van der Waals surface area (Å²) in [5, 5.41) is 0.853. The van der Waals surface area contributed by atoms with E-state index in [-0.39, 0.29) is 0 Å². The lowest BCUT2D eigenvalue weighted by atomic mass is 10.2. The topological polar surface area (TPSA) is 9.23 Å². The molecule has 0 atom stereocenters. The molecule has 0 spiro atoms. The van der Waals surface area contributed by atoms with Gasteiger partial charge in [-0.1, -0.05) is 52.3 Å². The lowest BCUT2D eigenvalue weighted by Crippen LogP contribution is -1.97. The van der Waals surface area contributed by atoms with E-state index >= 15 is 0 Å². The van der Waals surface area contributed by atoms with Gasteiger partial charge in [0.15, 0.2) is 0 Å². The smallest absolute Gasteiger partial charge is 0.133 e. The van der Waals surface area contributed by atoms with Crippen LogP contribution in [0.1, 0.15) is 11.1 Å². The average molecular weight is 403 g/mol. The number of alkyl halides is 1. The van der Waals surface area contributed by atoms with Crippen molar-refractivity contribution < 1.29 is 4.74 Å². The van der Waals surface area contributed by atoms with Crippen LogP contribution in [0.3, 0.4) is 0 Å². The van der Waals surface area contributed by atoms with Gasteiger partial charge >= 0.3 is 0 Å². The van der Waals surface area contributed by atoms with Gasteiger partial charge in [0.25, 0.3) is 0 Å². The summed E-state index contributed by atoms with van der Waals surface area (Å²) in [6.45, 7) is 0.614. The first-order valence-corrected chi connectivity index (χ1v) is 7.51. The largest absolute Gasteiger partial charge is 0.488 e. The van der Waals surface area contributed by atoms with Crippen molar-refractivity contribution in [2.45, 2.75) is 11.9 Å². The van der Waals surface area contributed by atoms with Crippen molar-refractivity contribution in [3.05, 3.63) is 63.2 Å². The van der Waals surface area contributed by atoms with Gasteiger partial charge in [-0.3, -0.25) is 0 Å². The first-order valence-electron chi connectivity index (χ1n) is 5.30. The highest BCUT2D eigenvalue weighted by atomic mass is 127. The summed E-state index contributed by atoms with van der Waals surface area (Å²) in [5.41, 5.74) is 2.42. The molecule has 0 saturated heterocycles. The highest BCUT2D eigenvalue weighted by Gasteiger charge is 2.02. The zero-order chi connectivity index (χ0) is 12.1. The van der Waals surface area contributed by atoms with Crippen molar-refractivity contribution in [1.82, 2.24) is 0 Å². The Labute approximate surface area is 123 Å². The molecule has 0 unspecified atom stereocenters. The Morgan fingerprint density at radius 3 is 2.47 bits per heavy atom. The van der Waals surface area contributed by atoms with Crippen LogP contribution in [0.25, 0.3) is 0 Å². The number of hydrogen-bond donors (Lipinski definition) is 0. The Morgan fingerprint density at radius 2 is 1.76 bits per heavy atom. The molecule has 0 heterocycles. The summed E-state index contributed by atoms with van der Waals surface area (Å²) in [6.07, 6.45) is 0. The zero-order valence-electron chi connectivity index (χ0n) is 9.20. The first-order chi connectivity index (χ1) is 8.29. The number of halogens is 2. The summed E-state index contributed by atoms with van der Waals surface area (Å²) in [5.74, 6) is 0.950. The molecular weight excluding hydrogens is 391 g/mol. The van der Waals surface area contributed by atoms with Crippen LogP contribution >= 0.6 is 38.5 Å². The van der Waals surface area contributed by atoms with Gasteiger partial charge in [-0.2, -0.15) is 0 Å². The molecule has 2 aromatic carbocycles. The Kier molecular flexibility index (Phi) is 4.86. The maximum Gasteiger partial charge on any atom is 0.133 e. The second-order valence-electron chi connectivity index (χ2n) is 3.67. The van der Waals surface area contributed by atoms with E-state index in [4.69, 9.17) is 4.74 Å². The molecular formula is C14H12BrIO. The van der Waals surface area contributed by atoms with Gasteiger partial charge in [0.1, 0.15) is 12.4 Å². The van der Waals surface area contributed by atoms with Gasteiger partial charge in [0.05, 0.1) is 3.57 Å². The van der Waals surface area contributed by atoms with E-state index in [2.05, 4.69) is 68.9 Å². The van der Waals surface area contributed by atoms with Crippen molar-refractivity contribution in [2.75, 3.05) is 0 Å². The normalized spacial score (nSPS) is 10.2. The van der Waals surface area contributed by atoms with Gasteiger partial charge < -0.3 is 4.74 Å². The Bertz CT molecular complexity index is 485. The highest BCUT2D eigenvalue weighted by molar-refractivity contribution is 14.1. The standard InChI is InChI=1S/C14H12BrIO/c15-9-12-6-7-13(16)14(8-12)17-10-11-4-2-1-3-5-11/h1-8H,9-10H2. The van der Waals surface area contributed by atoms with Gasteiger partial charge in [-0.25, -0.2) is 0 Å². The maximum absolute atomic E-state index is 5.84. The lowest BCUT2D eigenvalue weighted by molar-refractivity contribution is 0.304. The molecule has 1 nitrogen and oxygen atoms in total. The minimum absolute atomic E-state index is 0.614. The Morgan fingerprint density at radius 1 is 1.00 bits per heavy atom. The Hall–Kier alpha value is -0.550. The molecule has 0 radical (unpaired) electrons. The van der Waals surface area contributed by atoms with Gasteiger partial charge in [0, 0.05) is 5.33 Å². The van der Waals surface area contributed by atoms with Crippen molar-refractivity contribution in [1.29, 1.82) is 0 Å². The predicted octanol–water partition coefficient (Wildman–Crippen LogP) is 4.77. The predicted molar refractivity (Wildman–Crippen MR) is 82.6 cm³/mol. The lowest BCUT2D eigenvalue weighted by Gasteiger charge is -2.09. The van der Waals surface area contributed by atoms with Crippen LogP contribution in [0.5, 0.6) is 5.75 Å². The fourth-order valence-electron chi connectivity index (χ4n) is 1.48. The molecule has 0 fully saturated rings. The summed E-state index contributed by atoms with van der Waals surface area (Å²) in [6, 6.07) is 16.5. The summed E-state index contributed by atoms with van der Waals surface area (Å²) < 4.78 is 6.98. The molecule has 0 amide bonds. The van der Waals surface area contributed by atoms with Crippen LogP contribution in [0.15, 0.2) is 48.5 Å². The molecule has 0 aliphatic rings.